The third-order valence-electron chi connectivity index (χ3n) is 2.82. The van der Waals surface area contributed by atoms with Crippen LogP contribution in [-0.2, 0) is 4.79 Å². The van der Waals surface area contributed by atoms with Crippen molar-refractivity contribution in [1.82, 2.24) is 5.32 Å². The lowest BCUT2D eigenvalue weighted by Gasteiger charge is -2.13. The fourth-order valence-corrected chi connectivity index (χ4v) is 1.71. The van der Waals surface area contributed by atoms with E-state index < -0.39 is 0 Å². The van der Waals surface area contributed by atoms with Crippen LogP contribution in [0.2, 0.25) is 0 Å². The van der Waals surface area contributed by atoms with Gasteiger partial charge in [0.05, 0.1) is 13.0 Å². The molecule has 106 valence electrons. The van der Waals surface area contributed by atoms with E-state index in [0.29, 0.717) is 19.4 Å². The second kappa shape index (κ2) is 8.53. The summed E-state index contributed by atoms with van der Waals surface area (Å²) in [5.41, 5.74) is 1.18. The molecule has 1 unspecified atom stereocenters. The lowest BCUT2D eigenvalue weighted by molar-refractivity contribution is -0.122. The van der Waals surface area contributed by atoms with Crippen LogP contribution < -0.4 is 10.1 Å². The van der Waals surface area contributed by atoms with Crippen LogP contribution in [0.3, 0.4) is 0 Å². The predicted molar refractivity (Wildman–Crippen MR) is 75.2 cm³/mol. The SMILES string of the molecule is Cc1ccc(OCCC(=O)NC(C)CCCO)cc1. The minimum atomic E-state index is -0.0162. The van der Waals surface area contributed by atoms with Crippen molar-refractivity contribution in [3.63, 3.8) is 0 Å². The van der Waals surface area contributed by atoms with Gasteiger partial charge in [0, 0.05) is 12.6 Å². The second-order valence-corrected chi connectivity index (χ2v) is 4.75. The summed E-state index contributed by atoms with van der Waals surface area (Å²) < 4.78 is 5.49. The van der Waals surface area contributed by atoms with Crippen LogP contribution in [0.25, 0.3) is 0 Å². The molecule has 4 nitrogen and oxygen atoms in total. The van der Waals surface area contributed by atoms with E-state index in [1.807, 2.05) is 38.1 Å². The van der Waals surface area contributed by atoms with Gasteiger partial charge in [-0.2, -0.15) is 0 Å². The van der Waals surface area contributed by atoms with Crippen LogP contribution in [0, 0.1) is 6.92 Å². The molecule has 1 aromatic rings. The minimum Gasteiger partial charge on any atom is -0.493 e. The average molecular weight is 265 g/mol. The predicted octanol–water partition coefficient (Wildman–Crippen LogP) is 2.04. The molecule has 0 aliphatic rings. The summed E-state index contributed by atoms with van der Waals surface area (Å²) in [6.07, 6.45) is 1.85. The molecule has 0 radical (unpaired) electrons. The summed E-state index contributed by atoms with van der Waals surface area (Å²) >= 11 is 0. The van der Waals surface area contributed by atoms with Gasteiger partial charge in [0.15, 0.2) is 0 Å². The first kappa shape index (κ1) is 15.5. The molecule has 0 saturated carbocycles. The van der Waals surface area contributed by atoms with Crippen molar-refractivity contribution in [2.45, 2.75) is 39.2 Å². The number of aliphatic hydroxyl groups excluding tert-OH is 1. The first-order valence-corrected chi connectivity index (χ1v) is 6.71. The summed E-state index contributed by atoms with van der Waals surface area (Å²) in [5.74, 6) is 0.768. The first-order chi connectivity index (χ1) is 9.11. The zero-order valence-electron chi connectivity index (χ0n) is 11.7. The monoisotopic (exact) mass is 265 g/mol. The largest absolute Gasteiger partial charge is 0.493 e. The number of nitrogens with one attached hydrogen (secondary N) is 1. The van der Waals surface area contributed by atoms with Gasteiger partial charge < -0.3 is 15.2 Å². The van der Waals surface area contributed by atoms with E-state index in [4.69, 9.17) is 9.84 Å². The molecule has 0 aliphatic carbocycles. The van der Waals surface area contributed by atoms with Crippen molar-refractivity contribution < 1.29 is 14.6 Å². The Labute approximate surface area is 114 Å². The van der Waals surface area contributed by atoms with Crippen LogP contribution in [-0.4, -0.2) is 30.3 Å². The molecule has 0 saturated heterocycles. The number of rotatable bonds is 8. The van der Waals surface area contributed by atoms with Gasteiger partial charge in [0.1, 0.15) is 5.75 Å². The molecule has 1 rings (SSSR count). The van der Waals surface area contributed by atoms with Crippen molar-refractivity contribution in [2.24, 2.45) is 0 Å². The number of hydrogen-bond donors (Lipinski definition) is 2. The van der Waals surface area contributed by atoms with Crippen LogP contribution in [0.1, 0.15) is 31.7 Å². The molecule has 0 aromatic heterocycles. The number of aliphatic hydroxyl groups is 1. The molecule has 0 aliphatic heterocycles. The highest BCUT2D eigenvalue weighted by Gasteiger charge is 2.07. The third-order valence-corrected chi connectivity index (χ3v) is 2.82. The van der Waals surface area contributed by atoms with Crippen LogP contribution in [0.15, 0.2) is 24.3 Å². The molecule has 19 heavy (non-hydrogen) atoms. The smallest absolute Gasteiger partial charge is 0.223 e. The second-order valence-electron chi connectivity index (χ2n) is 4.75. The Morgan fingerprint density at radius 3 is 2.68 bits per heavy atom. The Bertz CT molecular complexity index is 375. The number of benzene rings is 1. The number of aryl methyl sites for hydroxylation is 1. The molecule has 1 atom stereocenters. The quantitative estimate of drug-likeness (QED) is 0.756. The van der Waals surface area contributed by atoms with Crippen LogP contribution in [0.5, 0.6) is 5.75 Å². The number of amides is 1. The molecule has 2 N–H and O–H groups in total. The van der Waals surface area contributed by atoms with Crippen molar-refractivity contribution in [1.29, 1.82) is 0 Å². The molecule has 0 heterocycles. The topological polar surface area (TPSA) is 58.6 Å². The van der Waals surface area contributed by atoms with E-state index in [9.17, 15) is 4.79 Å². The molecule has 0 spiro atoms. The standard InChI is InChI=1S/C15H23NO3/c1-12-5-7-14(8-6-12)19-11-9-15(18)16-13(2)4-3-10-17/h5-8,13,17H,3-4,9-11H2,1-2H3,(H,16,18). The maximum atomic E-state index is 11.6. The minimum absolute atomic E-state index is 0.0162. The Morgan fingerprint density at radius 2 is 2.05 bits per heavy atom. The number of ether oxygens (including phenoxy) is 1. The summed E-state index contributed by atoms with van der Waals surface area (Å²) in [6, 6.07) is 7.85. The first-order valence-electron chi connectivity index (χ1n) is 6.71. The van der Waals surface area contributed by atoms with Gasteiger partial charge in [0.25, 0.3) is 0 Å². The average Bonchev–Trinajstić information content (AvgIpc) is 2.38. The molecule has 4 heteroatoms. The Morgan fingerprint density at radius 1 is 1.37 bits per heavy atom. The lowest BCUT2D eigenvalue weighted by atomic mass is 10.2. The molecular weight excluding hydrogens is 242 g/mol. The number of carbonyl (C=O) groups is 1. The number of carbonyl (C=O) groups excluding carboxylic acids is 1. The summed E-state index contributed by atoms with van der Waals surface area (Å²) in [6.45, 7) is 4.50. The van der Waals surface area contributed by atoms with Crippen LogP contribution in [0.4, 0.5) is 0 Å². The van der Waals surface area contributed by atoms with E-state index >= 15 is 0 Å². The molecule has 1 amide bonds. The zero-order valence-corrected chi connectivity index (χ0v) is 11.7. The molecular formula is C15H23NO3. The Balaban J connectivity index is 2.18. The van der Waals surface area contributed by atoms with Crippen molar-refractivity contribution in [2.75, 3.05) is 13.2 Å². The highest BCUT2D eigenvalue weighted by atomic mass is 16.5. The maximum Gasteiger partial charge on any atom is 0.223 e. The van der Waals surface area contributed by atoms with E-state index in [0.717, 1.165) is 12.2 Å². The normalized spacial score (nSPS) is 11.9. The third kappa shape index (κ3) is 6.82. The number of hydrogen-bond acceptors (Lipinski definition) is 3. The fraction of sp³-hybridized carbons (Fsp3) is 0.533. The van der Waals surface area contributed by atoms with Crippen molar-refractivity contribution >= 4 is 5.91 Å². The van der Waals surface area contributed by atoms with E-state index in [2.05, 4.69) is 5.32 Å². The molecule has 0 bridgehead atoms. The van der Waals surface area contributed by atoms with Crippen molar-refractivity contribution in [3.05, 3.63) is 29.8 Å². The van der Waals surface area contributed by atoms with E-state index in [1.165, 1.54) is 5.56 Å². The van der Waals surface area contributed by atoms with E-state index in [-0.39, 0.29) is 18.6 Å². The lowest BCUT2D eigenvalue weighted by Crippen LogP contribution is -2.33. The Hall–Kier alpha value is -1.55. The molecule has 0 fully saturated rings. The maximum absolute atomic E-state index is 11.6. The summed E-state index contributed by atoms with van der Waals surface area (Å²) in [4.78, 5) is 11.6. The van der Waals surface area contributed by atoms with Gasteiger partial charge in [-0.1, -0.05) is 17.7 Å². The Kier molecular flexibility index (Phi) is 6.97. The molecule has 1 aromatic carbocycles. The van der Waals surface area contributed by atoms with Gasteiger partial charge in [0.2, 0.25) is 5.91 Å². The van der Waals surface area contributed by atoms with E-state index in [1.54, 1.807) is 0 Å². The van der Waals surface area contributed by atoms with Crippen LogP contribution >= 0.6 is 0 Å². The van der Waals surface area contributed by atoms with Gasteiger partial charge in [-0.3, -0.25) is 4.79 Å². The highest BCUT2D eigenvalue weighted by Crippen LogP contribution is 2.11. The summed E-state index contributed by atoms with van der Waals surface area (Å²) in [5, 5.41) is 11.6. The van der Waals surface area contributed by atoms with Gasteiger partial charge in [-0.05, 0) is 38.8 Å². The fourth-order valence-electron chi connectivity index (χ4n) is 1.71. The highest BCUT2D eigenvalue weighted by molar-refractivity contribution is 5.76. The van der Waals surface area contributed by atoms with Crippen molar-refractivity contribution in [3.8, 4) is 5.75 Å². The zero-order chi connectivity index (χ0) is 14.1. The summed E-state index contributed by atoms with van der Waals surface area (Å²) in [7, 11) is 0. The van der Waals surface area contributed by atoms with Gasteiger partial charge in [-0.15, -0.1) is 0 Å². The van der Waals surface area contributed by atoms with Gasteiger partial charge >= 0.3 is 0 Å². The van der Waals surface area contributed by atoms with Gasteiger partial charge in [-0.25, -0.2) is 0 Å².